The molecule has 0 amide bonds. The zero-order valence-electron chi connectivity index (χ0n) is 10.4. The van der Waals surface area contributed by atoms with Gasteiger partial charge in [0.05, 0.1) is 6.61 Å². The second-order valence-corrected chi connectivity index (χ2v) is 4.42. The Morgan fingerprint density at radius 3 is 2.88 bits per heavy atom. The highest BCUT2D eigenvalue weighted by atomic mass is 32.1. The second kappa shape index (κ2) is 6.78. The summed E-state index contributed by atoms with van der Waals surface area (Å²) in [5, 5.41) is 8.30. The minimum atomic E-state index is 0.390. The molecular formula is C10H20N4OS. The van der Waals surface area contributed by atoms with Crippen LogP contribution >= 0.6 is 11.5 Å². The Morgan fingerprint density at radius 1 is 1.56 bits per heavy atom. The van der Waals surface area contributed by atoms with Crippen LogP contribution in [0.4, 0.5) is 5.00 Å². The Labute approximate surface area is 101 Å². The third-order valence-electron chi connectivity index (χ3n) is 2.57. The molecule has 1 atom stereocenters. The molecule has 0 spiro atoms. The molecule has 0 aliphatic rings. The maximum absolute atomic E-state index is 5.17. The van der Waals surface area contributed by atoms with Crippen LogP contribution in [0, 0.1) is 0 Å². The van der Waals surface area contributed by atoms with E-state index < -0.39 is 0 Å². The molecule has 1 aromatic rings. The van der Waals surface area contributed by atoms with E-state index in [-0.39, 0.29) is 0 Å². The summed E-state index contributed by atoms with van der Waals surface area (Å²) in [6, 6.07) is 0.390. The van der Waals surface area contributed by atoms with Crippen molar-refractivity contribution >= 4 is 16.5 Å². The van der Waals surface area contributed by atoms with Gasteiger partial charge in [-0.2, -0.15) is 0 Å². The van der Waals surface area contributed by atoms with Crippen LogP contribution in [-0.2, 0) is 11.3 Å². The quantitative estimate of drug-likeness (QED) is 0.786. The van der Waals surface area contributed by atoms with Gasteiger partial charge in [0.15, 0.2) is 0 Å². The summed E-state index contributed by atoms with van der Waals surface area (Å²) in [6.45, 7) is 6.83. The van der Waals surface area contributed by atoms with Crippen molar-refractivity contribution < 1.29 is 4.74 Å². The molecule has 1 N–H and O–H groups in total. The van der Waals surface area contributed by atoms with Crippen molar-refractivity contribution in [2.45, 2.75) is 26.4 Å². The second-order valence-electron chi connectivity index (χ2n) is 3.67. The molecule has 0 aliphatic carbocycles. The van der Waals surface area contributed by atoms with Crippen molar-refractivity contribution in [1.82, 2.24) is 14.5 Å². The van der Waals surface area contributed by atoms with Crippen LogP contribution in [-0.4, -0.2) is 47.8 Å². The van der Waals surface area contributed by atoms with Gasteiger partial charge in [-0.05, 0) is 13.5 Å². The van der Waals surface area contributed by atoms with Crippen LogP contribution in [0.1, 0.15) is 19.5 Å². The Morgan fingerprint density at radius 2 is 2.31 bits per heavy atom. The fraction of sp³-hybridized carbons (Fsp3) is 0.800. The van der Waals surface area contributed by atoms with Crippen LogP contribution in [0.3, 0.4) is 0 Å². The number of methoxy groups -OCH3 is 1. The molecule has 0 fully saturated rings. The smallest absolute Gasteiger partial charge is 0.134 e. The van der Waals surface area contributed by atoms with Crippen molar-refractivity contribution in [2.24, 2.45) is 0 Å². The van der Waals surface area contributed by atoms with Gasteiger partial charge in [0, 0.05) is 38.3 Å². The van der Waals surface area contributed by atoms with E-state index >= 15 is 0 Å². The number of hydrogen-bond acceptors (Lipinski definition) is 6. The van der Waals surface area contributed by atoms with Gasteiger partial charge in [-0.3, -0.25) is 4.90 Å². The van der Waals surface area contributed by atoms with Crippen LogP contribution in [0.5, 0.6) is 0 Å². The van der Waals surface area contributed by atoms with Gasteiger partial charge in [0.2, 0.25) is 0 Å². The summed E-state index contributed by atoms with van der Waals surface area (Å²) in [6.07, 6.45) is 0. The lowest BCUT2D eigenvalue weighted by atomic mass is 10.2. The summed E-state index contributed by atoms with van der Waals surface area (Å²) in [4.78, 5) is 2.32. The van der Waals surface area contributed by atoms with Gasteiger partial charge < -0.3 is 10.1 Å². The first kappa shape index (κ1) is 13.3. The average molecular weight is 244 g/mol. The molecule has 1 heterocycles. The van der Waals surface area contributed by atoms with Gasteiger partial charge in [-0.1, -0.05) is 11.4 Å². The largest absolute Gasteiger partial charge is 0.383 e. The standard InChI is InChI=1S/C10H20N4OS/c1-5-14(8(2)7-15-4)6-9-10(11-3)16-13-12-9/h8,11H,5-7H2,1-4H3. The summed E-state index contributed by atoms with van der Waals surface area (Å²) in [5.74, 6) is 0. The summed E-state index contributed by atoms with van der Waals surface area (Å²) in [7, 11) is 3.63. The van der Waals surface area contributed by atoms with Gasteiger partial charge in [0.25, 0.3) is 0 Å². The first-order chi connectivity index (χ1) is 7.72. The van der Waals surface area contributed by atoms with E-state index in [4.69, 9.17) is 4.74 Å². The Kier molecular flexibility index (Phi) is 5.65. The monoisotopic (exact) mass is 244 g/mol. The summed E-state index contributed by atoms with van der Waals surface area (Å²) < 4.78 is 9.13. The zero-order chi connectivity index (χ0) is 12.0. The number of anilines is 1. The minimum Gasteiger partial charge on any atom is -0.383 e. The highest BCUT2D eigenvalue weighted by Crippen LogP contribution is 2.19. The molecule has 6 heteroatoms. The minimum absolute atomic E-state index is 0.390. The van der Waals surface area contributed by atoms with Crippen LogP contribution in [0.2, 0.25) is 0 Å². The molecule has 0 radical (unpaired) electrons. The lowest BCUT2D eigenvalue weighted by Crippen LogP contribution is -2.35. The maximum Gasteiger partial charge on any atom is 0.134 e. The van der Waals surface area contributed by atoms with Crippen molar-refractivity contribution in [3.8, 4) is 0 Å². The molecule has 0 aliphatic heterocycles. The molecule has 1 rings (SSSR count). The average Bonchev–Trinajstić information content (AvgIpc) is 2.73. The highest BCUT2D eigenvalue weighted by molar-refractivity contribution is 7.10. The molecule has 5 nitrogen and oxygen atoms in total. The number of ether oxygens (including phenoxy) is 1. The third kappa shape index (κ3) is 3.40. The molecular weight excluding hydrogens is 224 g/mol. The van der Waals surface area contributed by atoms with Crippen molar-refractivity contribution in [3.05, 3.63) is 5.69 Å². The molecule has 0 aromatic carbocycles. The fourth-order valence-electron chi connectivity index (χ4n) is 1.62. The fourth-order valence-corrected chi connectivity index (χ4v) is 2.14. The molecule has 0 saturated carbocycles. The van der Waals surface area contributed by atoms with E-state index in [2.05, 4.69) is 33.7 Å². The van der Waals surface area contributed by atoms with E-state index in [0.29, 0.717) is 6.04 Å². The normalized spacial score (nSPS) is 13.1. The van der Waals surface area contributed by atoms with Crippen LogP contribution in [0.15, 0.2) is 0 Å². The number of rotatable bonds is 7. The van der Waals surface area contributed by atoms with E-state index in [1.54, 1.807) is 7.11 Å². The number of likely N-dealkylation sites (N-methyl/N-ethyl adjacent to an activating group) is 1. The predicted octanol–water partition coefficient (Wildman–Crippen LogP) is 1.44. The summed E-state index contributed by atoms with van der Waals surface area (Å²) in [5.41, 5.74) is 1.01. The third-order valence-corrected chi connectivity index (χ3v) is 3.36. The van der Waals surface area contributed by atoms with Crippen LogP contribution < -0.4 is 5.32 Å². The molecule has 0 bridgehead atoms. The lowest BCUT2D eigenvalue weighted by molar-refractivity contribution is 0.0975. The molecule has 0 saturated heterocycles. The van der Waals surface area contributed by atoms with E-state index in [1.165, 1.54) is 11.5 Å². The van der Waals surface area contributed by atoms with Crippen molar-refractivity contribution in [3.63, 3.8) is 0 Å². The van der Waals surface area contributed by atoms with Crippen molar-refractivity contribution in [1.29, 1.82) is 0 Å². The van der Waals surface area contributed by atoms with E-state index in [1.807, 2.05) is 7.05 Å². The summed E-state index contributed by atoms with van der Waals surface area (Å²) >= 11 is 1.40. The molecule has 92 valence electrons. The molecule has 1 aromatic heterocycles. The van der Waals surface area contributed by atoms with Gasteiger partial charge in [0.1, 0.15) is 10.7 Å². The number of nitrogens with zero attached hydrogens (tertiary/aromatic N) is 3. The zero-order valence-corrected chi connectivity index (χ0v) is 11.2. The van der Waals surface area contributed by atoms with E-state index in [9.17, 15) is 0 Å². The Bertz CT molecular complexity index is 305. The van der Waals surface area contributed by atoms with Gasteiger partial charge >= 0.3 is 0 Å². The van der Waals surface area contributed by atoms with E-state index in [0.717, 1.165) is 30.4 Å². The topological polar surface area (TPSA) is 50.3 Å². The Hall–Kier alpha value is -0.720. The maximum atomic E-state index is 5.17. The molecule has 1 unspecified atom stereocenters. The predicted molar refractivity (Wildman–Crippen MR) is 66.9 cm³/mol. The lowest BCUT2D eigenvalue weighted by Gasteiger charge is -2.26. The van der Waals surface area contributed by atoms with Crippen LogP contribution in [0.25, 0.3) is 0 Å². The van der Waals surface area contributed by atoms with Gasteiger partial charge in [-0.15, -0.1) is 5.10 Å². The number of hydrogen-bond donors (Lipinski definition) is 1. The van der Waals surface area contributed by atoms with Gasteiger partial charge in [-0.25, -0.2) is 0 Å². The first-order valence-electron chi connectivity index (χ1n) is 5.44. The number of aromatic nitrogens is 2. The SMILES string of the molecule is CCN(Cc1nnsc1NC)C(C)COC. The first-order valence-corrected chi connectivity index (χ1v) is 6.22. The van der Waals surface area contributed by atoms with Crippen molar-refractivity contribution in [2.75, 3.05) is 32.6 Å². The highest BCUT2D eigenvalue weighted by Gasteiger charge is 2.16. The Balaban J connectivity index is 2.62. The molecule has 16 heavy (non-hydrogen) atoms. The number of nitrogens with one attached hydrogen (secondary N) is 1.